The van der Waals surface area contributed by atoms with Crippen molar-refractivity contribution in [2.75, 3.05) is 14.2 Å². The second-order valence-corrected chi connectivity index (χ2v) is 10.3. The highest BCUT2D eigenvalue weighted by Crippen LogP contribution is 2.18. The average molecular weight is 599 g/mol. The van der Waals surface area contributed by atoms with Crippen molar-refractivity contribution in [2.45, 2.75) is 58.1 Å². The average Bonchev–Trinajstić information content (AvgIpc) is 2.98. The van der Waals surface area contributed by atoms with E-state index in [1.54, 1.807) is 26.0 Å². The van der Waals surface area contributed by atoms with Gasteiger partial charge in [0.05, 0.1) is 50.7 Å². The van der Waals surface area contributed by atoms with Gasteiger partial charge in [-0.1, -0.05) is 50.2 Å². The SMILES string of the molecule is COC(=O)CC(CC(=O)OC)C(=O)OB(O)[C@H](CC(C)C)NC(=O)[C@@H](NC(=O)c1cccc(-c2ccccc2)n1)[C@@H](C)O. The predicted molar refractivity (Wildman–Crippen MR) is 155 cm³/mol. The van der Waals surface area contributed by atoms with E-state index in [-0.39, 0.29) is 18.0 Å². The Kier molecular flexibility index (Phi) is 13.8. The highest BCUT2D eigenvalue weighted by molar-refractivity contribution is 6.47. The van der Waals surface area contributed by atoms with Gasteiger partial charge in [-0.25, -0.2) is 4.98 Å². The predicted octanol–water partition coefficient (Wildman–Crippen LogP) is 1.06. The first kappa shape index (κ1) is 34.9. The lowest BCUT2D eigenvalue weighted by Crippen LogP contribution is -2.58. The molecule has 0 saturated heterocycles. The number of hydrogen-bond donors (Lipinski definition) is 4. The van der Waals surface area contributed by atoms with Crippen LogP contribution in [0.1, 0.15) is 50.5 Å². The Balaban J connectivity index is 2.18. The molecule has 1 aromatic carbocycles. The summed E-state index contributed by atoms with van der Waals surface area (Å²) in [7, 11) is 0.324. The highest BCUT2D eigenvalue weighted by Gasteiger charge is 2.38. The number of rotatable bonds is 15. The maximum absolute atomic E-state index is 13.2. The van der Waals surface area contributed by atoms with E-state index < -0.39 is 73.7 Å². The smallest absolute Gasteiger partial charge is 0.508 e. The summed E-state index contributed by atoms with van der Waals surface area (Å²) in [5.41, 5.74) is 1.32. The van der Waals surface area contributed by atoms with E-state index in [9.17, 15) is 34.1 Å². The molecule has 1 aromatic heterocycles. The molecule has 2 rings (SSSR count). The van der Waals surface area contributed by atoms with E-state index in [4.69, 9.17) is 4.65 Å². The molecule has 0 unspecified atom stereocenters. The fourth-order valence-corrected chi connectivity index (χ4v) is 4.08. The Bertz CT molecular complexity index is 1240. The maximum Gasteiger partial charge on any atom is 0.548 e. The van der Waals surface area contributed by atoms with Crippen LogP contribution in [0.5, 0.6) is 0 Å². The second kappa shape index (κ2) is 17.0. The first-order valence-corrected chi connectivity index (χ1v) is 13.7. The van der Waals surface area contributed by atoms with Crippen LogP contribution in [0.25, 0.3) is 11.3 Å². The summed E-state index contributed by atoms with van der Waals surface area (Å²) in [5, 5.41) is 26.1. The molecule has 2 aromatic rings. The third-order valence-corrected chi connectivity index (χ3v) is 6.35. The zero-order valence-corrected chi connectivity index (χ0v) is 24.8. The molecule has 2 amide bonds. The molecule has 0 aliphatic rings. The summed E-state index contributed by atoms with van der Waals surface area (Å²) >= 11 is 0. The van der Waals surface area contributed by atoms with Crippen molar-refractivity contribution in [3.8, 4) is 11.3 Å². The number of carbonyl (C=O) groups is 5. The van der Waals surface area contributed by atoms with Crippen LogP contribution in [0.4, 0.5) is 0 Å². The zero-order valence-electron chi connectivity index (χ0n) is 24.8. The number of benzene rings is 1. The van der Waals surface area contributed by atoms with Crippen molar-refractivity contribution in [3.05, 3.63) is 54.2 Å². The molecule has 0 aliphatic carbocycles. The molecule has 0 spiro atoms. The Morgan fingerprint density at radius 2 is 1.49 bits per heavy atom. The van der Waals surface area contributed by atoms with Crippen LogP contribution >= 0.6 is 0 Å². The molecular weight excluding hydrogens is 561 g/mol. The van der Waals surface area contributed by atoms with Gasteiger partial charge in [0.2, 0.25) is 5.91 Å². The van der Waals surface area contributed by atoms with E-state index >= 15 is 0 Å². The standard InChI is InChI=1S/C29H38BN3O10/c1-17(2)14-23(30(40)43-29(39)20(15-24(35)41-4)16-25(36)42-5)32-28(38)26(18(3)34)33-27(37)22-13-9-12-21(31-22)19-10-7-6-8-11-19/h6-13,17-18,20,23,26,34,40H,14-16H2,1-5H3,(H,32,38)(H,33,37)/t18-,23+,26+/m1/s1. The Morgan fingerprint density at radius 3 is 2.02 bits per heavy atom. The van der Waals surface area contributed by atoms with Crippen molar-refractivity contribution in [2.24, 2.45) is 11.8 Å². The van der Waals surface area contributed by atoms with Gasteiger partial charge in [-0.15, -0.1) is 0 Å². The van der Waals surface area contributed by atoms with Gasteiger partial charge in [0.25, 0.3) is 11.9 Å². The Morgan fingerprint density at radius 1 is 0.884 bits per heavy atom. The molecule has 0 aliphatic heterocycles. The summed E-state index contributed by atoms with van der Waals surface area (Å²) in [6.07, 6.45) is -2.24. The fourth-order valence-electron chi connectivity index (χ4n) is 4.08. The molecule has 43 heavy (non-hydrogen) atoms. The van der Waals surface area contributed by atoms with Crippen LogP contribution in [0.3, 0.4) is 0 Å². The second-order valence-electron chi connectivity index (χ2n) is 10.3. The summed E-state index contributed by atoms with van der Waals surface area (Å²) in [5.74, 6) is -6.83. The van der Waals surface area contributed by atoms with Gasteiger partial charge < -0.3 is 34.9 Å². The van der Waals surface area contributed by atoms with Crippen LogP contribution in [0, 0.1) is 11.8 Å². The van der Waals surface area contributed by atoms with Gasteiger partial charge in [0, 0.05) is 5.56 Å². The van der Waals surface area contributed by atoms with E-state index in [0.29, 0.717) is 5.69 Å². The number of hydrogen-bond acceptors (Lipinski definition) is 11. The molecule has 1 heterocycles. The van der Waals surface area contributed by atoms with Crippen molar-refractivity contribution < 1.29 is 48.2 Å². The number of aliphatic hydroxyl groups is 1. The number of aromatic nitrogens is 1. The number of esters is 2. The molecule has 0 bridgehead atoms. The van der Waals surface area contributed by atoms with Gasteiger partial charge in [-0.3, -0.25) is 24.0 Å². The number of ether oxygens (including phenoxy) is 2. The molecule has 13 nitrogen and oxygen atoms in total. The van der Waals surface area contributed by atoms with Crippen LogP contribution in [0.2, 0.25) is 0 Å². The lowest BCUT2D eigenvalue weighted by Gasteiger charge is -2.27. The van der Waals surface area contributed by atoms with Crippen molar-refractivity contribution >= 4 is 36.8 Å². The third-order valence-electron chi connectivity index (χ3n) is 6.35. The zero-order chi connectivity index (χ0) is 32.1. The summed E-state index contributed by atoms with van der Waals surface area (Å²) < 4.78 is 14.3. The van der Waals surface area contributed by atoms with Gasteiger partial charge in [-0.05, 0) is 31.4 Å². The highest BCUT2D eigenvalue weighted by atomic mass is 16.6. The third kappa shape index (κ3) is 11.1. The van der Waals surface area contributed by atoms with Gasteiger partial charge in [0.1, 0.15) is 11.7 Å². The van der Waals surface area contributed by atoms with Crippen LogP contribution < -0.4 is 10.6 Å². The van der Waals surface area contributed by atoms with Gasteiger partial charge in [0.15, 0.2) is 0 Å². The van der Waals surface area contributed by atoms with E-state index in [2.05, 4.69) is 25.1 Å². The molecule has 0 radical (unpaired) electrons. The topological polar surface area (TPSA) is 190 Å². The van der Waals surface area contributed by atoms with Gasteiger partial charge >= 0.3 is 19.1 Å². The molecule has 3 atom stereocenters. The summed E-state index contributed by atoms with van der Waals surface area (Å²) in [4.78, 5) is 67.0. The van der Waals surface area contributed by atoms with Gasteiger partial charge in [-0.2, -0.15) is 0 Å². The minimum absolute atomic E-state index is 0.00903. The monoisotopic (exact) mass is 599 g/mol. The van der Waals surface area contributed by atoms with E-state index in [0.717, 1.165) is 19.8 Å². The number of aliphatic hydroxyl groups excluding tert-OH is 1. The molecule has 0 fully saturated rings. The first-order chi connectivity index (χ1) is 20.4. The minimum Gasteiger partial charge on any atom is -0.508 e. The fraction of sp³-hybridized carbons (Fsp3) is 0.448. The minimum atomic E-state index is -1.90. The lowest BCUT2D eigenvalue weighted by atomic mass is 9.74. The lowest BCUT2D eigenvalue weighted by molar-refractivity contribution is -0.153. The van der Waals surface area contributed by atoms with Crippen LogP contribution in [0.15, 0.2) is 48.5 Å². The van der Waals surface area contributed by atoms with Crippen molar-refractivity contribution in [3.63, 3.8) is 0 Å². The Hall–Kier alpha value is -4.30. The van der Waals surface area contributed by atoms with Crippen LogP contribution in [-0.2, 0) is 33.3 Å². The number of amides is 2. The summed E-state index contributed by atoms with van der Waals surface area (Å²) in [6, 6.07) is 12.5. The van der Waals surface area contributed by atoms with Crippen molar-refractivity contribution in [1.82, 2.24) is 15.6 Å². The van der Waals surface area contributed by atoms with E-state index in [1.807, 2.05) is 30.3 Å². The number of methoxy groups -OCH3 is 2. The molecule has 0 saturated carbocycles. The normalized spacial score (nSPS) is 13.0. The molecule has 4 N–H and O–H groups in total. The first-order valence-electron chi connectivity index (χ1n) is 13.7. The number of nitrogens with one attached hydrogen (secondary N) is 2. The van der Waals surface area contributed by atoms with Crippen molar-refractivity contribution in [1.29, 1.82) is 0 Å². The summed E-state index contributed by atoms with van der Waals surface area (Å²) in [6.45, 7) is 4.89. The maximum atomic E-state index is 13.2. The molecular formula is C29H38BN3O10. The van der Waals surface area contributed by atoms with E-state index in [1.165, 1.54) is 13.0 Å². The Labute approximate surface area is 250 Å². The largest absolute Gasteiger partial charge is 0.548 e. The molecule has 14 heteroatoms. The van der Waals surface area contributed by atoms with Crippen LogP contribution in [-0.4, -0.2) is 84.3 Å². The quantitative estimate of drug-likeness (QED) is 0.169. The number of pyridine rings is 1. The number of carbonyl (C=O) groups excluding carboxylic acids is 5. The number of nitrogens with zero attached hydrogens (tertiary/aromatic N) is 1. The molecule has 232 valence electrons.